The Morgan fingerprint density at radius 2 is 2.00 bits per heavy atom. The molecule has 2 aliphatic rings. The van der Waals surface area contributed by atoms with E-state index in [1.807, 2.05) is 29.2 Å². The monoisotopic (exact) mass is 367 g/mol. The number of nitrogens with one attached hydrogen (secondary N) is 1. The van der Waals surface area contributed by atoms with E-state index in [9.17, 15) is 9.59 Å². The molecule has 1 aromatic carbocycles. The lowest BCUT2D eigenvalue weighted by Gasteiger charge is -2.34. The summed E-state index contributed by atoms with van der Waals surface area (Å²) < 4.78 is 0. The van der Waals surface area contributed by atoms with Gasteiger partial charge in [0.15, 0.2) is 0 Å². The molecule has 0 bridgehead atoms. The van der Waals surface area contributed by atoms with Crippen molar-refractivity contribution in [2.75, 3.05) is 26.2 Å². The molecule has 1 aliphatic heterocycles. The Kier molecular flexibility index (Phi) is 5.04. The maximum Gasteiger partial charge on any atom is 0.261 e. The van der Waals surface area contributed by atoms with Crippen molar-refractivity contribution < 1.29 is 4.79 Å². The van der Waals surface area contributed by atoms with Gasteiger partial charge in [-0.05, 0) is 48.6 Å². The molecule has 144 valence electrons. The Balaban J connectivity index is 1.59. The van der Waals surface area contributed by atoms with E-state index in [1.54, 1.807) is 6.07 Å². The van der Waals surface area contributed by atoms with Crippen molar-refractivity contribution in [3.63, 3.8) is 0 Å². The number of H-pyrrole nitrogens is 1. The number of aromatic amines is 1. The summed E-state index contributed by atoms with van der Waals surface area (Å²) in [5.74, 6) is 1.18. The first-order chi connectivity index (χ1) is 13.0. The highest BCUT2D eigenvalue weighted by molar-refractivity contribution is 5.97. The second-order valence-corrected chi connectivity index (χ2v) is 8.45. The van der Waals surface area contributed by atoms with Gasteiger partial charge in [-0.15, -0.1) is 0 Å². The van der Waals surface area contributed by atoms with Gasteiger partial charge in [0.25, 0.3) is 11.5 Å². The molecule has 1 aromatic heterocycles. The summed E-state index contributed by atoms with van der Waals surface area (Å²) in [7, 11) is 0. The van der Waals surface area contributed by atoms with Crippen LogP contribution in [0.5, 0.6) is 0 Å². The molecule has 0 radical (unpaired) electrons. The summed E-state index contributed by atoms with van der Waals surface area (Å²) in [6, 6.07) is 9.70. The Bertz CT molecular complexity index is 885. The van der Waals surface area contributed by atoms with Crippen LogP contribution in [0, 0.1) is 11.8 Å². The molecule has 1 saturated heterocycles. The number of hydrogen-bond acceptors (Lipinski definition) is 3. The van der Waals surface area contributed by atoms with E-state index in [4.69, 9.17) is 0 Å². The van der Waals surface area contributed by atoms with E-state index in [0.717, 1.165) is 42.9 Å². The normalized spacial score (nSPS) is 21.6. The van der Waals surface area contributed by atoms with Crippen LogP contribution in [-0.4, -0.2) is 52.9 Å². The van der Waals surface area contributed by atoms with Crippen LogP contribution < -0.4 is 5.56 Å². The van der Waals surface area contributed by atoms with Gasteiger partial charge in [-0.3, -0.25) is 14.5 Å². The molecular weight excluding hydrogens is 338 g/mol. The Hall–Kier alpha value is -2.14. The molecule has 4 rings (SSSR count). The minimum absolute atomic E-state index is 0.138. The van der Waals surface area contributed by atoms with Crippen molar-refractivity contribution in [1.82, 2.24) is 14.8 Å². The summed E-state index contributed by atoms with van der Waals surface area (Å²) >= 11 is 0. The Morgan fingerprint density at radius 3 is 2.74 bits per heavy atom. The highest BCUT2D eigenvalue weighted by atomic mass is 16.2. The van der Waals surface area contributed by atoms with Crippen LogP contribution in [0.4, 0.5) is 0 Å². The van der Waals surface area contributed by atoms with Gasteiger partial charge in [0.2, 0.25) is 0 Å². The van der Waals surface area contributed by atoms with E-state index < -0.39 is 0 Å². The van der Waals surface area contributed by atoms with Gasteiger partial charge in [-0.1, -0.05) is 32.0 Å². The van der Waals surface area contributed by atoms with Crippen LogP contribution in [0.2, 0.25) is 0 Å². The second-order valence-electron chi connectivity index (χ2n) is 8.45. The summed E-state index contributed by atoms with van der Waals surface area (Å²) in [5.41, 5.74) is 0.733. The first kappa shape index (κ1) is 18.2. The van der Waals surface area contributed by atoms with E-state index in [0.29, 0.717) is 18.5 Å². The number of pyridine rings is 1. The average molecular weight is 367 g/mol. The maximum absolute atomic E-state index is 13.2. The highest BCUT2D eigenvalue weighted by Gasteiger charge is 2.34. The van der Waals surface area contributed by atoms with Gasteiger partial charge in [0.1, 0.15) is 5.56 Å². The number of carbonyl (C=O) groups is 1. The number of benzene rings is 1. The number of hydrogen-bond donors (Lipinski definition) is 1. The molecule has 1 aliphatic carbocycles. The van der Waals surface area contributed by atoms with E-state index >= 15 is 0 Å². The van der Waals surface area contributed by atoms with Gasteiger partial charge < -0.3 is 9.88 Å². The summed E-state index contributed by atoms with van der Waals surface area (Å²) in [5, 5.41) is 0.894. The van der Waals surface area contributed by atoms with Crippen molar-refractivity contribution in [2.45, 2.75) is 39.2 Å². The zero-order chi connectivity index (χ0) is 19.0. The van der Waals surface area contributed by atoms with Gasteiger partial charge in [-0.25, -0.2) is 0 Å². The standard InChI is InChI=1S/C22H29N3O2/c1-15(2)20-14-25(11-5-10-24(20)13-16-8-9-16)22(27)18-12-17-6-3-4-7-19(17)23-21(18)26/h3-4,6-7,12,15-16,20H,5,8-11,13-14H2,1-2H3,(H,23,26)/t20-/m0/s1. The van der Waals surface area contributed by atoms with Crippen molar-refractivity contribution in [1.29, 1.82) is 0 Å². The number of aromatic nitrogens is 1. The van der Waals surface area contributed by atoms with Gasteiger partial charge >= 0.3 is 0 Å². The van der Waals surface area contributed by atoms with Crippen molar-refractivity contribution in [3.05, 3.63) is 46.2 Å². The molecule has 0 spiro atoms. The molecular formula is C22H29N3O2. The van der Waals surface area contributed by atoms with Crippen molar-refractivity contribution >= 4 is 16.8 Å². The molecule has 2 heterocycles. The largest absolute Gasteiger partial charge is 0.337 e. The van der Waals surface area contributed by atoms with Gasteiger partial charge in [0.05, 0.1) is 0 Å². The van der Waals surface area contributed by atoms with Gasteiger partial charge in [0, 0.05) is 37.7 Å². The topological polar surface area (TPSA) is 56.4 Å². The molecule has 1 atom stereocenters. The summed E-state index contributed by atoms with van der Waals surface area (Å²) in [4.78, 5) is 33.1. The predicted molar refractivity (Wildman–Crippen MR) is 108 cm³/mol. The fourth-order valence-corrected chi connectivity index (χ4v) is 4.22. The number of carbonyl (C=O) groups excluding carboxylic acids is 1. The smallest absolute Gasteiger partial charge is 0.261 e. The summed E-state index contributed by atoms with van der Waals surface area (Å²) in [6.07, 6.45) is 3.65. The van der Waals surface area contributed by atoms with Crippen LogP contribution in [0.15, 0.2) is 35.1 Å². The lowest BCUT2D eigenvalue weighted by molar-refractivity contribution is 0.0703. The molecule has 2 aromatic rings. The second kappa shape index (κ2) is 7.47. The number of rotatable bonds is 4. The van der Waals surface area contributed by atoms with Crippen molar-refractivity contribution in [3.8, 4) is 0 Å². The molecule has 5 nitrogen and oxygen atoms in total. The van der Waals surface area contributed by atoms with Crippen LogP contribution in [-0.2, 0) is 0 Å². The maximum atomic E-state index is 13.2. The lowest BCUT2D eigenvalue weighted by atomic mass is 10.0. The fraction of sp³-hybridized carbons (Fsp3) is 0.545. The number of para-hydroxylation sites is 1. The first-order valence-corrected chi connectivity index (χ1v) is 10.2. The van der Waals surface area contributed by atoms with Crippen LogP contribution in [0.25, 0.3) is 10.9 Å². The summed E-state index contributed by atoms with van der Waals surface area (Å²) in [6.45, 7) is 8.09. The average Bonchev–Trinajstić information content (AvgIpc) is 3.48. The molecule has 1 amide bonds. The molecule has 1 saturated carbocycles. The van der Waals surface area contributed by atoms with Gasteiger partial charge in [-0.2, -0.15) is 0 Å². The molecule has 0 unspecified atom stereocenters. The fourth-order valence-electron chi connectivity index (χ4n) is 4.22. The van der Waals surface area contributed by atoms with Crippen molar-refractivity contribution in [2.24, 2.45) is 11.8 Å². The highest BCUT2D eigenvalue weighted by Crippen LogP contribution is 2.32. The zero-order valence-electron chi connectivity index (χ0n) is 16.3. The Labute approximate surface area is 160 Å². The van der Waals surface area contributed by atoms with Crippen LogP contribution in [0.3, 0.4) is 0 Å². The third kappa shape index (κ3) is 3.93. The number of nitrogens with zero attached hydrogens (tertiary/aromatic N) is 2. The number of fused-ring (bicyclic) bond motifs is 1. The third-order valence-corrected chi connectivity index (χ3v) is 5.98. The van der Waals surface area contributed by atoms with Crippen LogP contribution in [0.1, 0.15) is 43.5 Å². The minimum atomic E-state index is -0.293. The van der Waals surface area contributed by atoms with E-state index in [-0.39, 0.29) is 17.0 Å². The Morgan fingerprint density at radius 1 is 1.22 bits per heavy atom. The third-order valence-electron chi connectivity index (χ3n) is 5.98. The first-order valence-electron chi connectivity index (χ1n) is 10.2. The quantitative estimate of drug-likeness (QED) is 0.903. The SMILES string of the molecule is CC(C)[C@@H]1CN(C(=O)c2cc3ccccc3[nH]c2=O)CCCN1CC1CC1. The van der Waals surface area contributed by atoms with E-state index in [1.165, 1.54) is 12.8 Å². The number of amides is 1. The zero-order valence-corrected chi connectivity index (χ0v) is 16.3. The molecule has 1 N–H and O–H groups in total. The lowest BCUT2D eigenvalue weighted by Crippen LogP contribution is -2.47. The van der Waals surface area contributed by atoms with E-state index in [2.05, 4.69) is 23.7 Å². The minimum Gasteiger partial charge on any atom is -0.337 e. The van der Waals surface area contributed by atoms with Crippen LogP contribution >= 0.6 is 0 Å². The molecule has 27 heavy (non-hydrogen) atoms. The molecule has 5 heteroatoms. The predicted octanol–water partition coefficient (Wildman–Crippen LogP) is 3.11. The molecule has 2 fully saturated rings.